The molecule has 0 unspecified atom stereocenters. The number of nitrogen functional groups attached to an aromatic ring is 1. The number of benzene rings is 2. The molecule has 2 aromatic carbocycles. The van der Waals surface area contributed by atoms with Gasteiger partial charge in [-0.15, -0.1) is 0 Å². The molecule has 0 atom stereocenters. The fourth-order valence-electron chi connectivity index (χ4n) is 1.96. The van der Waals surface area contributed by atoms with Gasteiger partial charge in [0.2, 0.25) is 0 Å². The highest BCUT2D eigenvalue weighted by Crippen LogP contribution is 2.23. The number of carbonyl (C=O) groups excluding carboxylic acids is 1. The van der Waals surface area contributed by atoms with E-state index in [1.807, 2.05) is 49.3 Å². The molecule has 0 aromatic heterocycles. The van der Waals surface area contributed by atoms with Crippen LogP contribution in [0.2, 0.25) is 5.02 Å². The smallest absolute Gasteiger partial charge is 0.267 e. The molecule has 6 nitrogen and oxygen atoms in total. The van der Waals surface area contributed by atoms with E-state index in [0.29, 0.717) is 16.4 Å². The first-order valence-corrected chi connectivity index (χ1v) is 7.79. The van der Waals surface area contributed by atoms with Gasteiger partial charge < -0.3 is 21.3 Å². The molecular formula is C18H18ClN5O. The van der Waals surface area contributed by atoms with Crippen molar-refractivity contribution in [1.82, 2.24) is 0 Å². The average Bonchev–Trinajstić information content (AvgIpc) is 2.59. The lowest BCUT2D eigenvalue weighted by molar-refractivity contribution is -0.112. The summed E-state index contributed by atoms with van der Waals surface area (Å²) in [5, 5.41) is 15.1. The molecule has 0 saturated carbocycles. The molecule has 4 N–H and O–H groups in total. The van der Waals surface area contributed by atoms with Crippen molar-refractivity contribution in [3.63, 3.8) is 0 Å². The summed E-state index contributed by atoms with van der Waals surface area (Å²) >= 11 is 5.92. The van der Waals surface area contributed by atoms with Gasteiger partial charge in [-0.1, -0.05) is 11.6 Å². The van der Waals surface area contributed by atoms with E-state index >= 15 is 0 Å². The molecule has 2 rings (SSSR count). The van der Waals surface area contributed by atoms with Gasteiger partial charge in [-0.05, 0) is 42.5 Å². The molecule has 2 aromatic rings. The SMILES string of the molecule is CN(C)c1ccc(N/C=C(/C#N)C(=O)Nc2ccc(N)c(Cl)c2)cc1. The molecule has 0 aliphatic carbocycles. The minimum atomic E-state index is -0.541. The summed E-state index contributed by atoms with van der Waals surface area (Å²) in [6, 6.07) is 14.2. The first kappa shape index (κ1) is 18.2. The summed E-state index contributed by atoms with van der Waals surface area (Å²) in [6.07, 6.45) is 1.36. The quantitative estimate of drug-likeness (QED) is 0.434. The molecule has 0 spiro atoms. The van der Waals surface area contributed by atoms with Gasteiger partial charge in [-0.3, -0.25) is 4.79 Å². The molecule has 0 fully saturated rings. The summed E-state index contributed by atoms with van der Waals surface area (Å²) in [6.45, 7) is 0. The van der Waals surface area contributed by atoms with Crippen molar-refractivity contribution in [2.45, 2.75) is 0 Å². The molecule has 1 amide bonds. The zero-order valence-electron chi connectivity index (χ0n) is 13.9. The Morgan fingerprint density at radius 2 is 1.84 bits per heavy atom. The maximum absolute atomic E-state index is 12.2. The molecule has 25 heavy (non-hydrogen) atoms. The van der Waals surface area contributed by atoms with Crippen LogP contribution in [-0.4, -0.2) is 20.0 Å². The fourth-order valence-corrected chi connectivity index (χ4v) is 2.14. The summed E-state index contributed by atoms with van der Waals surface area (Å²) in [4.78, 5) is 14.2. The number of amides is 1. The summed E-state index contributed by atoms with van der Waals surface area (Å²) < 4.78 is 0. The Hall–Kier alpha value is -3.17. The van der Waals surface area contributed by atoms with Crippen LogP contribution in [0.1, 0.15) is 0 Å². The van der Waals surface area contributed by atoms with Crippen molar-refractivity contribution >= 4 is 40.3 Å². The Balaban J connectivity index is 2.07. The van der Waals surface area contributed by atoms with Crippen LogP contribution in [0.4, 0.5) is 22.7 Å². The Kier molecular flexibility index (Phi) is 5.88. The summed E-state index contributed by atoms with van der Waals surface area (Å²) in [5.74, 6) is -0.541. The number of hydrogen-bond acceptors (Lipinski definition) is 5. The third-order valence-corrected chi connectivity index (χ3v) is 3.72. The highest BCUT2D eigenvalue weighted by atomic mass is 35.5. The highest BCUT2D eigenvalue weighted by molar-refractivity contribution is 6.33. The first-order chi connectivity index (χ1) is 11.9. The molecular weight excluding hydrogens is 338 g/mol. The number of nitrogens with one attached hydrogen (secondary N) is 2. The van der Waals surface area contributed by atoms with E-state index in [4.69, 9.17) is 17.3 Å². The Morgan fingerprint density at radius 3 is 2.40 bits per heavy atom. The van der Waals surface area contributed by atoms with Crippen LogP contribution in [0.15, 0.2) is 54.2 Å². The van der Waals surface area contributed by atoms with E-state index in [0.717, 1.165) is 11.4 Å². The van der Waals surface area contributed by atoms with Gasteiger partial charge in [0.1, 0.15) is 11.6 Å². The predicted octanol–water partition coefficient (Wildman–Crippen LogP) is 3.45. The van der Waals surface area contributed by atoms with E-state index < -0.39 is 5.91 Å². The highest BCUT2D eigenvalue weighted by Gasteiger charge is 2.10. The maximum Gasteiger partial charge on any atom is 0.267 e. The van der Waals surface area contributed by atoms with Crippen molar-refractivity contribution in [2.75, 3.05) is 35.4 Å². The van der Waals surface area contributed by atoms with Crippen LogP contribution < -0.4 is 21.3 Å². The topological polar surface area (TPSA) is 94.2 Å². The molecule has 7 heteroatoms. The van der Waals surface area contributed by atoms with Gasteiger partial charge in [0.25, 0.3) is 5.91 Å². The van der Waals surface area contributed by atoms with Gasteiger partial charge in [0, 0.05) is 37.4 Å². The molecule has 0 bridgehead atoms. The van der Waals surface area contributed by atoms with Crippen molar-refractivity contribution in [2.24, 2.45) is 0 Å². The largest absolute Gasteiger partial charge is 0.398 e. The standard InChI is InChI=1S/C18H18ClN5O/c1-24(2)15-6-3-13(4-7-15)22-11-12(10-20)18(25)23-14-5-8-17(21)16(19)9-14/h3-9,11,22H,21H2,1-2H3,(H,23,25)/b12-11-. The summed E-state index contributed by atoms with van der Waals surface area (Å²) in [5.41, 5.74) is 8.25. The number of nitriles is 1. The lowest BCUT2D eigenvalue weighted by Crippen LogP contribution is -2.14. The average molecular weight is 356 g/mol. The third kappa shape index (κ3) is 4.90. The molecule has 0 aliphatic rings. The van der Waals surface area contributed by atoms with Crippen LogP contribution in [0.3, 0.4) is 0 Å². The second kappa shape index (κ2) is 8.08. The number of halogens is 1. The number of carbonyl (C=O) groups is 1. The lowest BCUT2D eigenvalue weighted by atomic mass is 10.2. The van der Waals surface area contributed by atoms with E-state index in [1.54, 1.807) is 12.1 Å². The van der Waals surface area contributed by atoms with E-state index in [-0.39, 0.29) is 5.57 Å². The number of anilines is 4. The van der Waals surface area contributed by atoms with E-state index in [1.165, 1.54) is 12.3 Å². The second-order valence-electron chi connectivity index (χ2n) is 5.45. The number of nitrogens with zero attached hydrogens (tertiary/aromatic N) is 2. The van der Waals surface area contributed by atoms with E-state index in [2.05, 4.69) is 10.6 Å². The van der Waals surface area contributed by atoms with Crippen LogP contribution in [-0.2, 0) is 4.79 Å². The third-order valence-electron chi connectivity index (χ3n) is 3.39. The van der Waals surface area contributed by atoms with Crippen LogP contribution in [0.25, 0.3) is 0 Å². The Bertz CT molecular complexity index is 838. The fraction of sp³-hybridized carbons (Fsp3) is 0.111. The zero-order chi connectivity index (χ0) is 18.4. The van der Waals surface area contributed by atoms with Gasteiger partial charge in [-0.25, -0.2) is 0 Å². The Labute approximate surface area is 151 Å². The van der Waals surface area contributed by atoms with Crippen molar-refractivity contribution in [1.29, 1.82) is 5.26 Å². The normalized spacial score (nSPS) is 10.7. The minimum Gasteiger partial charge on any atom is -0.398 e. The number of rotatable bonds is 5. The van der Waals surface area contributed by atoms with Crippen LogP contribution in [0.5, 0.6) is 0 Å². The monoisotopic (exact) mass is 355 g/mol. The Morgan fingerprint density at radius 1 is 1.20 bits per heavy atom. The van der Waals surface area contributed by atoms with Gasteiger partial charge in [-0.2, -0.15) is 5.26 Å². The van der Waals surface area contributed by atoms with Crippen molar-refractivity contribution in [3.05, 3.63) is 59.3 Å². The van der Waals surface area contributed by atoms with Crippen LogP contribution >= 0.6 is 11.6 Å². The number of nitrogens with two attached hydrogens (primary N) is 1. The molecule has 0 radical (unpaired) electrons. The van der Waals surface area contributed by atoms with Crippen molar-refractivity contribution in [3.8, 4) is 6.07 Å². The zero-order valence-corrected chi connectivity index (χ0v) is 14.6. The van der Waals surface area contributed by atoms with Gasteiger partial charge in [0.05, 0.1) is 10.7 Å². The van der Waals surface area contributed by atoms with Crippen molar-refractivity contribution < 1.29 is 4.79 Å². The van der Waals surface area contributed by atoms with Gasteiger partial charge in [0.15, 0.2) is 0 Å². The maximum atomic E-state index is 12.2. The lowest BCUT2D eigenvalue weighted by Gasteiger charge is -2.12. The summed E-state index contributed by atoms with van der Waals surface area (Å²) in [7, 11) is 3.90. The van der Waals surface area contributed by atoms with Crippen LogP contribution in [0, 0.1) is 11.3 Å². The molecule has 128 valence electrons. The minimum absolute atomic E-state index is 0.0652. The first-order valence-electron chi connectivity index (χ1n) is 7.41. The molecule has 0 aliphatic heterocycles. The van der Waals surface area contributed by atoms with E-state index in [9.17, 15) is 10.1 Å². The predicted molar refractivity (Wildman–Crippen MR) is 103 cm³/mol. The second-order valence-corrected chi connectivity index (χ2v) is 5.85. The molecule has 0 heterocycles. The van der Waals surface area contributed by atoms with Gasteiger partial charge >= 0.3 is 0 Å². The molecule has 0 saturated heterocycles. The number of hydrogen-bond donors (Lipinski definition) is 3.